The molecule has 2 rings (SSSR count). The molecule has 1 aliphatic heterocycles. The third-order valence-electron chi connectivity index (χ3n) is 4.84. The minimum Gasteiger partial charge on any atom is -0.311 e. The molecule has 17 heavy (non-hydrogen) atoms. The first-order chi connectivity index (χ1) is 8.09. The molecule has 0 aromatic carbocycles. The Morgan fingerprint density at radius 3 is 2.41 bits per heavy atom. The number of hydrogen-bond donors (Lipinski definition) is 1. The van der Waals surface area contributed by atoms with Crippen LogP contribution in [0.5, 0.6) is 0 Å². The first-order valence-electron chi connectivity index (χ1n) is 7.56. The van der Waals surface area contributed by atoms with E-state index in [0.29, 0.717) is 5.54 Å². The monoisotopic (exact) mass is 238 g/mol. The summed E-state index contributed by atoms with van der Waals surface area (Å²) in [6.07, 6.45) is 7.19. The van der Waals surface area contributed by atoms with E-state index in [1.54, 1.807) is 0 Å². The molecule has 2 nitrogen and oxygen atoms in total. The molecule has 1 saturated heterocycles. The van der Waals surface area contributed by atoms with Gasteiger partial charge in [-0.25, -0.2) is 0 Å². The van der Waals surface area contributed by atoms with Gasteiger partial charge in [0.1, 0.15) is 0 Å². The van der Waals surface area contributed by atoms with Crippen molar-refractivity contribution in [3.8, 4) is 0 Å². The summed E-state index contributed by atoms with van der Waals surface area (Å²) in [6, 6.07) is 0. The van der Waals surface area contributed by atoms with E-state index in [9.17, 15) is 0 Å². The van der Waals surface area contributed by atoms with Crippen molar-refractivity contribution in [3.63, 3.8) is 0 Å². The third kappa shape index (κ3) is 3.96. The SMILES string of the molecule is CCC(C)(C)NCCN1CC2CCCC(C2)C1. The van der Waals surface area contributed by atoms with Crippen LogP contribution in [0.4, 0.5) is 0 Å². The summed E-state index contributed by atoms with van der Waals surface area (Å²) in [4.78, 5) is 2.71. The third-order valence-corrected chi connectivity index (χ3v) is 4.84. The molecule has 1 heterocycles. The van der Waals surface area contributed by atoms with Crippen LogP contribution < -0.4 is 5.32 Å². The van der Waals surface area contributed by atoms with Crippen molar-refractivity contribution >= 4 is 0 Å². The van der Waals surface area contributed by atoms with Gasteiger partial charge < -0.3 is 10.2 Å². The molecule has 2 heteroatoms. The summed E-state index contributed by atoms with van der Waals surface area (Å²) in [5.74, 6) is 2.03. The second-order valence-electron chi connectivity index (χ2n) is 6.82. The Balaban J connectivity index is 1.69. The molecule has 2 fully saturated rings. The molecule has 2 unspecified atom stereocenters. The maximum Gasteiger partial charge on any atom is 0.0123 e. The lowest BCUT2D eigenvalue weighted by Gasteiger charge is -2.41. The van der Waals surface area contributed by atoms with Crippen LogP contribution >= 0.6 is 0 Å². The Labute approximate surface area is 107 Å². The molecule has 1 N–H and O–H groups in total. The second kappa shape index (κ2) is 5.71. The van der Waals surface area contributed by atoms with Crippen molar-refractivity contribution in [2.24, 2.45) is 11.8 Å². The summed E-state index contributed by atoms with van der Waals surface area (Å²) >= 11 is 0. The molecule has 2 aliphatic rings. The highest BCUT2D eigenvalue weighted by molar-refractivity contribution is 4.84. The van der Waals surface area contributed by atoms with E-state index >= 15 is 0 Å². The predicted molar refractivity (Wildman–Crippen MR) is 74.3 cm³/mol. The summed E-state index contributed by atoms with van der Waals surface area (Å²) in [6.45, 7) is 12.0. The topological polar surface area (TPSA) is 15.3 Å². The van der Waals surface area contributed by atoms with Crippen LogP contribution in [0.25, 0.3) is 0 Å². The Bertz CT molecular complexity index is 225. The molecular formula is C15H30N2. The lowest BCUT2D eigenvalue weighted by molar-refractivity contribution is 0.0852. The first-order valence-corrected chi connectivity index (χ1v) is 7.56. The number of likely N-dealkylation sites (tertiary alicyclic amines) is 1. The number of nitrogens with one attached hydrogen (secondary N) is 1. The zero-order valence-electron chi connectivity index (χ0n) is 12.0. The van der Waals surface area contributed by atoms with Gasteiger partial charge in [-0.05, 0) is 51.4 Å². The van der Waals surface area contributed by atoms with E-state index in [0.717, 1.165) is 18.4 Å². The van der Waals surface area contributed by atoms with Crippen LogP contribution in [0.1, 0.15) is 52.9 Å². The van der Waals surface area contributed by atoms with Gasteiger partial charge in [0.25, 0.3) is 0 Å². The molecule has 1 aliphatic carbocycles. The second-order valence-corrected chi connectivity index (χ2v) is 6.82. The van der Waals surface area contributed by atoms with Gasteiger partial charge in [0.05, 0.1) is 0 Å². The molecule has 0 amide bonds. The quantitative estimate of drug-likeness (QED) is 0.792. The highest BCUT2D eigenvalue weighted by atomic mass is 15.2. The van der Waals surface area contributed by atoms with Crippen LogP contribution in [0, 0.1) is 11.8 Å². The number of fused-ring (bicyclic) bond motifs is 2. The molecule has 0 radical (unpaired) electrons. The van der Waals surface area contributed by atoms with Crippen LogP contribution in [-0.2, 0) is 0 Å². The fourth-order valence-corrected chi connectivity index (χ4v) is 3.40. The summed E-state index contributed by atoms with van der Waals surface area (Å²) in [7, 11) is 0. The number of piperidine rings is 1. The summed E-state index contributed by atoms with van der Waals surface area (Å²) in [5, 5.41) is 3.68. The zero-order chi connectivity index (χ0) is 12.3. The number of rotatable bonds is 5. The van der Waals surface area contributed by atoms with Gasteiger partial charge in [0.15, 0.2) is 0 Å². The van der Waals surface area contributed by atoms with Crippen molar-refractivity contribution in [2.45, 2.75) is 58.4 Å². The minimum absolute atomic E-state index is 0.311. The zero-order valence-corrected chi connectivity index (χ0v) is 12.0. The molecule has 1 saturated carbocycles. The van der Waals surface area contributed by atoms with Crippen molar-refractivity contribution in [1.82, 2.24) is 10.2 Å². The van der Waals surface area contributed by atoms with E-state index in [2.05, 4.69) is 31.0 Å². The minimum atomic E-state index is 0.311. The number of hydrogen-bond acceptors (Lipinski definition) is 2. The van der Waals surface area contributed by atoms with Gasteiger partial charge in [-0.2, -0.15) is 0 Å². The van der Waals surface area contributed by atoms with Gasteiger partial charge in [-0.1, -0.05) is 13.3 Å². The average molecular weight is 238 g/mol. The van der Waals surface area contributed by atoms with Crippen molar-refractivity contribution in [1.29, 1.82) is 0 Å². The molecular weight excluding hydrogens is 208 g/mol. The van der Waals surface area contributed by atoms with Gasteiger partial charge in [0, 0.05) is 31.7 Å². The summed E-state index contributed by atoms with van der Waals surface area (Å²) in [5.41, 5.74) is 0.311. The Morgan fingerprint density at radius 2 is 1.82 bits per heavy atom. The smallest absolute Gasteiger partial charge is 0.0123 e. The first kappa shape index (κ1) is 13.4. The number of nitrogens with zero attached hydrogens (tertiary/aromatic N) is 1. The van der Waals surface area contributed by atoms with Crippen molar-refractivity contribution in [3.05, 3.63) is 0 Å². The highest BCUT2D eigenvalue weighted by Gasteiger charge is 2.30. The fourth-order valence-electron chi connectivity index (χ4n) is 3.40. The van der Waals surface area contributed by atoms with Crippen LogP contribution in [0.3, 0.4) is 0 Å². The maximum atomic E-state index is 3.68. The largest absolute Gasteiger partial charge is 0.311 e. The van der Waals surface area contributed by atoms with Crippen LogP contribution in [0.15, 0.2) is 0 Å². The normalized spacial score (nSPS) is 30.5. The van der Waals surface area contributed by atoms with Crippen molar-refractivity contribution in [2.75, 3.05) is 26.2 Å². The standard InChI is InChI=1S/C15H30N2/c1-4-15(2,3)16-8-9-17-11-13-6-5-7-14(10-13)12-17/h13-14,16H,4-12H2,1-3H3. The van der Waals surface area contributed by atoms with E-state index in [1.165, 1.54) is 51.7 Å². The van der Waals surface area contributed by atoms with Gasteiger partial charge in [-0.3, -0.25) is 0 Å². The highest BCUT2D eigenvalue weighted by Crippen LogP contribution is 2.33. The Hall–Kier alpha value is -0.0800. The van der Waals surface area contributed by atoms with E-state index in [-0.39, 0.29) is 0 Å². The molecule has 0 spiro atoms. The Morgan fingerprint density at radius 1 is 1.18 bits per heavy atom. The lowest BCUT2D eigenvalue weighted by atomic mass is 9.78. The Kier molecular flexibility index (Phi) is 4.48. The van der Waals surface area contributed by atoms with Crippen LogP contribution in [0.2, 0.25) is 0 Å². The summed E-state index contributed by atoms with van der Waals surface area (Å²) < 4.78 is 0. The fraction of sp³-hybridized carbons (Fsp3) is 1.00. The molecule has 2 atom stereocenters. The van der Waals surface area contributed by atoms with Crippen LogP contribution in [-0.4, -0.2) is 36.6 Å². The predicted octanol–water partition coefficient (Wildman–Crippen LogP) is 2.89. The van der Waals surface area contributed by atoms with E-state index < -0.39 is 0 Å². The molecule has 2 bridgehead atoms. The molecule has 0 aromatic heterocycles. The average Bonchev–Trinajstić information content (AvgIpc) is 2.28. The van der Waals surface area contributed by atoms with Gasteiger partial charge in [-0.15, -0.1) is 0 Å². The van der Waals surface area contributed by atoms with Gasteiger partial charge >= 0.3 is 0 Å². The van der Waals surface area contributed by atoms with Crippen molar-refractivity contribution < 1.29 is 0 Å². The molecule has 0 aromatic rings. The van der Waals surface area contributed by atoms with E-state index in [4.69, 9.17) is 0 Å². The van der Waals surface area contributed by atoms with E-state index in [1.807, 2.05) is 0 Å². The molecule has 100 valence electrons. The maximum absolute atomic E-state index is 3.68. The van der Waals surface area contributed by atoms with Gasteiger partial charge in [0.2, 0.25) is 0 Å². The lowest BCUT2D eigenvalue weighted by Crippen LogP contribution is -2.48.